The van der Waals surface area contributed by atoms with E-state index in [4.69, 9.17) is 11.6 Å². The van der Waals surface area contributed by atoms with Crippen LogP contribution in [0.1, 0.15) is 5.56 Å². The Balaban J connectivity index is 1.48. The number of carbonyl (C=O) groups excluding carboxylic acids is 3. The molecule has 0 spiro atoms. The predicted octanol–water partition coefficient (Wildman–Crippen LogP) is 2.58. The van der Waals surface area contributed by atoms with Crippen LogP contribution >= 0.6 is 11.6 Å². The molecule has 4 rings (SSSR count). The molecule has 2 heterocycles. The number of imide groups is 1. The van der Waals surface area contributed by atoms with Gasteiger partial charge in [-0.1, -0.05) is 34.5 Å². The number of aryl methyl sites for hydroxylation is 1. The van der Waals surface area contributed by atoms with Gasteiger partial charge >= 0.3 is 0 Å². The van der Waals surface area contributed by atoms with Crippen molar-refractivity contribution in [3.63, 3.8) is 0 Å². The normalized spacial score (nSPS) is 20.6. The van der Waals surface area contributed by atoms with Crippen LogP contribution in [-0.4, -0.2) is 41.4 Å². The molecule has 2 unspecified atom stereocenters. The van der Waals surface area contributed by atoms with Crippen molar-refractivity contribution in [3.8, 4) is 0 Å². The van der Waals surface area contributed by atoms with Crippen LogP contribution < -0.4 is 10.2 Å². The second-order valence-corrected chi connectivity index (χ2v) is 7.03. The van der Waals surface area contributed by atoms with Crippen molar-refractivity contribution in [1.82, 2.24) is 5.01 Å². The lowest BCUT2D eigenvalue weighted by Crippen LogP contribution is -2.43. The second-order valence-electron chi connectivity index (χ2n) is 6.59. The van der Waals surface area contributed by atoms with Crippen molar-refractivity contribution >= 4 is 40.7 Å². The van der Waals surface area contributed by atoms with Gasteiger partial charge in [0, 0.05) is 10.7 Å². The molecule has 1 N–H and O–H groups in total. The molecule has 142 valence electrons. The minimum absolute atomic E-state index is 0.200. The number of hydrogen-bond acceptors (Lipinski definition) is 6. The molecule has 0 aliphatic carbocycles. The summed E-state index contributed by atoms with van der Waals surface area (Å²) in [6, 6.07) is 11.9. The van der Waals surface area contributed by atoms with Gasteiger partial charge in [-0.05, 0) is 43.3 Å². The lowest BCUT2D eigenvalue weighted by molar-refractivity contribution is -0.123. The minimum atomic E-state index is -0.933. The highest BCUT2D eigenvalue weighted by Crippen LogP contribution is 2.31. The zero-order valence-electron chi connectivity index (χ0n) is 14.9. The fourth-order valence-corrected chi connectivity index (χ4v) is 3.31. The van der Waals surface area contributed by atoms with E-state index in [0.717, 1.165) is 10.5 Å². The Morgan fingerprint density at radius 1 is 1.07 bits per heavy atom. The molecule has 3 amide bonds. The van der Waals surface area contributed by atoms with Gasteiger partial charge in [0.15, 0.2) is 12.1 Å². The molecule has 8 nitrogen and oxygen atoms in total. The first kappa shape index (κ1) is 18.1. The van der Waals surface area contributed by atoms with Gasteiger partial charge < -0.3 is 5.32 Å². The molecule has 9 heteroatoms. The number of anilines is 2. The summed E-state index contributed by atoms with van der Waals surface area (Å²) in [4.78, 5) is 38.9. The van der Waals surface area contributed by atoms with Crippen LogP contribution in [-0.2, 0) is 14.4 Å². The van der Waals surface area contributed by atoms with Gasteiger partial charge in [0.25, 0.3) is 11.8 Å². The highest BCUT2D eigenvalue weighted by atomic mass is 35.5. The van der Waals surface area contributed by atoms with Crippen LogP contribution in [0.25, 0.3) is 0 Å². The Kier molecular flexibility index (Phi) is 4.56. The Morgan fingerprint density at radius 3 is 2.43 bits per heavy atom. The van der Waals surface area contributed by atoms with Crippen LogP contribution in [0, 0.1) is 6.92 Å². The van der Waals surface area contributed by atoms with Crippen molar-refractivity contribution in [2.24, 2.45) is 10.3 Å². The third-order valence-electron chi connectivity index (χ3n) is 4.58. The summed E-state index contributed by atoms with van der Waals surface area (Å²) >= 11 is 5.83. The van der Waals surface area contributed by atoms with E-state index in [9.17, 15) is 14.4 Å². The zero-order chi connectivity index (χ0) is 19.8. The zero-order valence-corrected chi connectivity index (χ0v) is 15.6. The maximum Gasteiger partial charge on any atom is 0.263 e. The van der Waals surface area contributed by atoms with E-state index in [1.807, 2.05) is 19.1 Å². The molecule has 2 atom stereocenters. The van der Waals surface area contributed by atoms with E-state index in [-0.39, 0.29) is 12.5 Å². The topological polar surface area (TPSA) is 94.4 Å². The molecule has 0 saturated carbocycles. The first-order valence-corrected chi connectivity index (χ1v) is 8.99. The minimum Gasteiger partial charge on any atom is -0.324 e. The number of nitrogens with one attached hydrogen (secondary N) is 1. The highest BCUT2D eigenvalue weighted by molar-refractivity contribution is 6.30. The molecule has 0 radical (unpaired) electrons. The van der Waals surface area contributed by atoms with Gasteiger partial charge in [0.1, 0.15) is 6.54 Å². The standard InChI is InChI=1S/C19H16ClN5O3/c1-11-2-8-14(9-3-11)25-18(27)16-17(19(25)28)24(23-22-16)10-15(26)21-13-6-4-12(20)5-7-13/h2-9,16-17H,10H2,1H3,(H,21,26). The summed E-state index contributed by atoms with van der Waals surface area (Å²) in [6.45, 7) is 1.72. The summed E-state index contributed by atoms with van der Waals surface area (Å²) in [7, 11) is 0. The largest absolute Gasteiger partial charge is 0.324 e. The summed E-state index contributed by atoms with van der Waals surface area (Å²) < 4.78 is 0. The number of nitrogens with zero attached hydrogens (tertiary/aromatic N) is 4. The Bertz CT molecular complexity index is 974. The average molecular weight is 398 g/mol. The fourth-order valence-electron chi connectivity index (χ4n) is 3.18. The number of amides is 3. The molecule has 1 fully saturated rings. The molecular formula is C19H16ClN5O3. The first-order valence-electron chi connectivity index (χ1n) is 8.61. The maximum atomic E-state index is 12.9. The van der Waals surface area contributed by atoms with E-state index in [2.05, 4.69) is 15.7 Å². The number of rotatable bonds is 4. The number of benzene rings is 2. The van der Waals surface area contributed by atoms with Crippen LogP contribution in [0.3, 0.4) is 0 Å². The fraction of sp³-hybridized carbons (Fsp3) is 0.211. The van der Waals surface area contributed by atoms with Gasteiger partial charge in [-0.15, -0.1) is 0 Å². The SMILES string of the molecule is Cc1ccc(N2C(=O)C3N=NN(CC(=O)Nc4ccc(Cl)cc4)C3C2=O)cc1. The number of carbonyl (C=O) groups is 3. The second kappa shape index (κ2) is 7.05. The van der Waals surface area contributed by atoms with Crippen molar-refractivity contribution < 1.29 is 14.4 Å². The van der Waals surface area contributed by atoms with Gasteiger partial charge in [-0.2, -0.15) is 5.11 Å². The van der Waals surface area contributed by atoms with Gasteiger partial charge in [-0.25, -0.2) is 4.90 Å². The van der Waals surface area contributed by atoms with Crippen molar-refractivity contribution in [1.29, 1.82) is 0 Å². The van der Waals surface area contributed by atoms with E-state index in [1.165, 1.54) is 5.01 Å². The lowest BCUT2D eigenvalue weighted by atomic mass is 10.1. The number of fused-ring (bicyclic) bond motifs is 1. The van der Waals surface area contributed by atoms with Gasteiger partial charge in [0.2, 0.25) is 5.91 Å². The lowest BCUT2D eigenvalue weighted by Gasteiger charge is -2.20. The molecule has 0 aromatic heterocycles. The molecule has 1 saturated heterocycles. The monoisotopic (exact) mass is 397 g/mol. The Hall–Kier alpha value is -3.26. The van der Waals surface area contributed by atoms with Crippen LogP contribution in [0.4, 0.5) is 11.4 Å². The summed E-state index contributed by atoms with van der Waals surface area (Å²) in [6.07, 6.45) is 0. The molecule has 2 aliphatic rings. The molecule has 0 bridgehead atoms. The maximum absolute atomic E-state index is 12.9. The van der Waals surface area contributed by atoms with Crippen molar-refractivity contribution in [2.75, 3.05) is 16.8 Å². The van der Waals surface area contributed by atoms with E-state index in [0.29, 0.717) is 16.4 Å². The quantitative estimate of drug-likeness (QED) is 0.802. The van der Waals surface area contributed by atoms with Gasteiger partial charge in [0.05, 0.1) is 5.69 Å². The van der Waals surface area contributed by atoms with Crippen LogP contribution in [0.2, 0.25) is 5.02 Å². The average Bonchev–Trinajstić information content (AvgIpc) is 3.18. The predicted molar refractivity (Wildman–Crippen MR) is 103 cm³/mol. The number of halogens is 1. The summed E-state index contributed by atoms with van der Waals surface area (Å²) in [5.74, 6) is -1.26. The smallest absolute Gasteiger partial charge is 0.263 e. The molecule has 2 aromatic carbocycles. The molecule has 2 aliphatic heterocycles. The highest BCUT2D eigenvalue weighted by Gasteiger charge is 2.55. The van der Waals surface area contributed by atoms with Crippen LogP contribution in [0.15, 0.2) is 58.9 Å². The Morgan fingerprint density at radius 2 is 1.75 bits per heavy atom. The molecule has 2 aromatic rings. The first-order chi connectivity index (χ1) is 13.4. The van der Waals surface area contributed by atoms with E-state index in [1.54, 1.807) is 36.4 Å². The van der Waals surface area contributed by atoms with Crippen molar-refractivity contribution in [3.05, 3.63) is 59.1 Å². The van der Waals surface area contributed by atoms with Gasteiger partial charge in [-0.3, -0.25) is 19.4 Å². The summed E-state index contributed by atoms with van der Waals surface area (Å²) in [5, 5.41) is 12.3. The summed E-state index contributed by atoms with van der Waals surface area (Å²) in [5.41, 5.74) is 2.07. The number of hydrogen-bond donors (Lipinski definition) is 1. The van der Waals surface area contributed by atoms with Crippen LogP contribution in [0.5, 0.6) is 0 Å². The molecule has 28 heavy (non-hydrogen) atoms. The molecular weight excluding hydrogens is 382 g/mol. The third kappa shape index (κ3) is 3.22. The third-order valence-corrected chi connectivity index (χ3v) is 4.84. The van der Waals surface area contributed by atoms with E-state index >= 15 is 0 Å². The van der Waals surface area contributed by atoms with E-state index < -0.39 is 23.9 Å². The van der Waals surface area contributed by atoms with Crippen molar-refractivity contribution in [2.45, 2.75) is 19.0 Å². The Labute approximate surface area is 165 Å².